The van der Waals surface area contributed by atoms with Gasteiger partial charge < -0.3 is 15.4 Å². The maximum absolute atomic E-state index is 5.23. The molecule has 2 heterocycles. The molecule has 1 saturated heterocycles. The number of nitrogens with zero attached hydrogens (tertiary/aromatic N) is 1. The van der Waals surface area contributed by atoms with Crippen molar-refractivity contribution in [1.82, 2.24) is 10.6 Å². The fourth-order valence-electron chi connectivity index (χ4n) is 1.56. The van der Waals surface area contributed by atoms with Crippen molar-refractivity contribution in [3.8, 4) is 0 Å². The zero-order chi connectivity index (χ0) is 8.23. The van der Waals surface area contributed by atoms with Crippen LogP contribution in [0.1, 0.15) is 6.42 Å². The van der Waals surface area contributed by atoms with Crippen LogP contribution in [0, 0.1) is 5.92 Å². The number of nitrogens with one attached hydrogen (secondary N) is 2. The molecule has 2 aliphatic rings. The second kappa shape index (κ2) is 3.76. The third kappa shape index (κ3) is 1.88. The standard InChI is InChI=1S/C8H15N3O/c1-2-9-5-7(1)6-11-8-10-3-4-12-8/h7,9H,1-6H2,(H,10,11). The molecule has 0 saturated carbocycles. The van der Waals surface area contributed by atoms with E-state index in [2.05, 4.69) is 15.6 Å². The predicted octanol–water partition coefficient (Wildman–Crippen LogP) is -0.428. The Bertz CT molecular complexity index is 175. The van der Waals surface area contributed by atoms with Gasteiger partial charge in [-0.2, -0.15) is 0 Å². The van der Waals surface area contributed by atoms with Crippen molar-refractivity contribution in [2.24, 2.45) is 10.9 Å². The molecule has 2 N–H and O–H groups in total. The minimum Gasteiger partial charge on any atom is -0.463 e. The van der Waals surface area contributed by atoms with Gasteiger partial charge in [0.25, 0.3) is 6.02 Å². The van der Waals surface area contributed by atoms with E-state index in [-0.39, 0.29) is 0 Å². The molecule has 4 nitrogen and oxygen atoms in total. The number of ether oxygens (including phenoxy) is 1. The van der Waals surface area contributed by atoms with Gasteiger partial charge in [0.1, 0.15) is 6.61 Å². The van der Waals surface area contributed by atoms with Gasteiger partial charge in [-0.05, 0) is 25.4 Å². The number of hydrogen-bond donors (Lipinski definition) is 2. The Morgan fingerprint density at radius 1 is 1.67 bits per heavy atom. The van der Waals surface area contributed by atoms with Gasteiger partial charge in [0, 0.05) is 6.54 Å². The third-order valence-corrected chi connectivity index (χ3v) is 2.29. The van der Waals surface area contributed by atoms with Crippen LogP contribution in [0.25, 0.3) is 0 Å². The van der Waals surface area contributed by atoms with Gasteiger partial charge in [-0.3, -0.25) is 0 Å². The molecule has 0 spiro atoms. The summed E-state index contributed by atoms with van der Waals surface area (Å²) in [6.45, 7) is 4.82. The maximum atomic E-state index is 5.23. The first kappa shape index (κ1) is 7.86. The van der Waals surface area contributed by atoms with Crippen molar-refractivity contribution < 1.29 is 4.74 Å². The van der Waals surface area contributed by atoms with Gasteiger partial charge in [0.2, 0.25) is 0 Å². The van der Waals surface area contributed by atoms with Crippen LogP contribution in [0.2, 0.25) is 0 Å². The molecule has 2 aliphatic heterocycles. The van der Waals surface area contributed by atoms with Crippen molar-refractivity contribution in [3.05, 3.63) is 0 Å². The van der Waals surface area contributed by atoms with E-state index in [9.17, 15) is 0 Å². The Hall–Kier alpha value is -0.770. The maximum Gasteiger partial charge on any atom is 0.284 e. The summed E-state index contributed by atoms with van der Waals surface area (Å²) in [5.41, 5.74) is 0. The third-order valence-electron chi connectivity index (χ3n) is 2.29. The molecule has 68 valence electrons. The quantitative estimate of drug-likeness (QED) is 0.589. The van der Waals surface area contributed by atoms with E-state index in [1.807, 2.05) is 0 Å². The van der Waals surface area contributed by atoms with Crippen LogP contribution in [0.3, 0.4) is 0 Å². The fraction of sp³-hybridized carbons (Fsp3) is 0.875. The Morgan fingerprint density at radius 2 is 2.67 bits per heavy atom. The Kier molecular flexibility index (Phi) is 2.46. The summed E-state index contributed by atoms with van der Waals surface area (Å²) in [4.78, 5) is 4.16. The first-order valence-corrected chi connectivity index (χ1v) is 4.57. The molecule has 1 unspecified atom stereocenters. The van der Waals surface area contributed by atoms with Gasteiger partial charge in [0.05, 0.1) is 6.54 Å². The summed E-state index contributed by atoms with van der Waals surface area (Å²) in [6.07, 6.45) is 1.26. The summed E-state index contributed by atoms with van der Waals surface area (Å²) in [7, 11) is 0. The average molecular weight is 169 g/mol. The summed E-state index contributed by atoms with van der Waals surface area (Å²) in [6, 6.07) is 0.738. The summed E-state index contributed by atoms with van der Waals surface area (Å²) in [5, 5.41) is 6.54. The first-order chi connectivity index (χ1) is 5.95. The van der Waals surface area contributed by atoms with Crippen LogP contribution in [-0.2, 0) is 4.74 Å². The van der Waals surface area contributed by atoms with E-state index in [1.165, 1.54) is 6.42 Å². The highest BCUT2D eigenvalue weighted by atomic mass is 16.5. The minimum absolute atomic E-state index is 0.738. The lowest BCUT2D eigenvalue weighted by atomic mass is 10.1. The van der Waals surface area contributed by atoms with Gasteiger partial charge in [0.15, 0.2) is 0 Å². The monoisotopic (exact) mass is 169 g/mol. The van der Waals surface area contributed by atoms with Crippen molar-refractivity contribution in [2.75, 3.05) is 32.8 Å². The summed E-state index contributed by atoms with van der Waals surface area (Å²) >= 11 is 0. The zero-order valence-electron chi connectivity index (χ0n) is 7.18. The lowest BCUT2D eigenvalue weighted by molar-refractivity contribution is 0.328. The molecule has 0 aromatic rings. The Labute approximate surface area is 72.4 Å². The van der Waals surface area contributed by atoms with Crippen molar-refractivity contribution in [3.63, 3.8) is 0 Å². The van der Waals surface area contributed by atoms with Crippen molar-refractivity contribution in [2.45, 2.75) is 6.42 Å². The van der Waals surface area contributed by atoms with E-state index in [0.29, 0.717) is 0 Å². The van der Waals surface area contributed by atoms with Crippen LogP contribution in [-0.4, -0.2) is 38.8 Å². The smallest absolute Gasteiger partial charge is 0.284 e. The summed E-state index contributed by atoms with van der Waals surface area (Å²) in [5.74, 6) is 0.747. The molecule has 0 aromatic carbocycles. The Morgan fingerprint density at radius 3 is 3.33 bits per heavy atom. The highest BCUT2D eigenvalue weighted by molar-refractivity contribution is 5.74. The van der Waals surface area contributed by atoms with E-state index in [0.717, 1.165) is 44.7 Å². The lowest BCUT2D eigenvalue weighted by Gasteiger charge is -2.09. The second-order valence-electron chi connectivity index (χ2n) is 3.28. The molecule has 4 heteroatoms. The van der Waals surface area contributed by atoms with E-state index in [4.69, 9.17) is 4.74 Å². The van der Waals surface area contributed by atoms with E-state index >= 15 is 0 Å². The molecule has 0 aromatic heterocycles. The van der Waals surface area contributed by atoms with Gasteiger partial charge in [-0.15, -0.1) is 0 Å². The van der Waals surface area contributed by atoms with Crippen LogP contribution in [0.5, 0.6) is 0 Å². The fourth-order valence-corrected chi connectivity index (χ4v) is 1.56. The average Bonchev–Trinajstić information content (AvgIpc) is 2.74. The first-order valence-electron chi connectivity index (χ1n) is 4.57. The SMILES string of the molecule is C1COC(NCC2CCNC2)=N1. The molecule has 2 rings (SSSR count). The zero-order valence-corrected chi connectivity index (χ0v) is 7.18. The second-order valence-corrected chi connectivity index (χ2v) is 3.28. The molecular formula is C8H15N3O. The molecular weight excluding hydrogens is 154 g/mol. The number of aliphatic imine (C=N–C) groups is 1. The molecule has 1 atom stereocenters. The summed E-state index contributed by atoms with van der Waals surface area (Å²) < 4.78 is 5.23. The normalized spacial score (nSPS) is 28.3. The number of rotatable bonds is 2. The molecule has 12 heavy (non-hydrogen) atoms. The molecule has 0 aliphatic carbocycles. The van der Waals surface area contributed by atoms with E-state index in [1.54, 1.807) is 0 Å². The number of amidine groups is 1. The Balaban J connectivity index is 1.67. The molecule has 1 fully saturated rings. The molecule has 0 amide bonds. The number of hydrogen-bond acceptors (Lipinski definition) is 4. The van der Waals surface area contributed by atoms with Crippen LogP contribution >= 0.6 is 0 Å². The van der Waals surface area contributed by atoms with Crippen molar-refractivity contribution >= 4 is 6.02 Å². The highest BCUT2D eigenvalue weighted by Gasteiger charge is 2.15. The lowest BCUT2D eigenvalue weighted by Crippen LogP contribution is -2.30. The predicted molar refractivity (Wildman–Crippen MR) is 47.2 cm³/mol. The van der Waals surface area contributed by atoms with Gasteiger partial charge in [-0.25, -0.2) is 4.99 Å². The highest BCUT2D eigenvalue weighted by Crippen LogP contribution is 2.05. The van der Waals surface area contributed by atoms with Gasteiger partial charge in [-0.1, -0.05) is 0 Å². The van der Waals surface area contributed by atoms with Crippen LogP contribution < -0.4 is 10.6 Å². The topological polar surface area (TPSA) is 45.6 Å². The molecule has 0 bridgehead atoms. The van der Waals surface area contributed by atoms with Crippen LogP contribution in [0.4, 0.5) is 0 Å². The minimum atomic E-state index is 0.738. The van der Waals surface area contributed by atoms with Gasteiger partial charge >= 0.3 is 0 Å². The molecule has 0 radical (unpaired) electrons. The largest absolute Gasteiger partial charge is 0.463 e. The van der Waals surface area contributed by atoms with E-state index < -0.39 is 0 Å². The van der Waals surface area contributed by atoms with Crippen LogP contribution in [0.15, 0.2) is 4.99 Å². The van der Waals surface area contributed by atoms with Crippen molar-refractivity contribution in [1.29, 1.82) is 0 Å².